The number of nitrogens with two attached hydrogens (primary N) is 1. The third-order valence-electron chi connectivity index (χ3n) is 2.64. The maximum atomic E-state index is 5.61. The van der Waals surface area contributed by atoms with Crippen LogP contribution in [-0.2, 0) is 0 Å². The maximum Gasteiger partial charge on any atom is 0.115 e. The summed E-state index contributed by atoms with van der Waals surface area (Å²) >= 11 is 10.2. The Morgan fingerprint density at radius 2 is 2.26 bits per heavy atom. The molecule has 0 spiro atoms. The van der Waals surface area contributed by atoms with E-state index in [-0.39, 0.29) is 6.04 Å². The van der Waals surface area contributed by atoms with Crippen molar-refractivity contribution in [2.45, 2.75) is 19.9 Å². The molecule has 0 bridgehead atoms. The molecule has 0 aliphatic carbocycles. The molecule has 100 valence electrons. The SMILES string of the molecule is Cc1cnc(C(C)Nc2ccc(C(N)=S)cc2Br)s1. The number of aryl methyl sites for hydroxylation is 1. The minimum absolute atomic E-state index is 0.158. The van der Waals surface area contributed by atoms with Gasteiger partial charge in [0.15, 0.2) is 0 Å². The predicted octanol–water partition coefficient (Wildman–Crippen LogP) is 4.02. The van der Waals surface area contributed by atoms with Crippen LogP contribution in [0.2, 0.25) is 0 Å². The summed E-state index contributed by atoms with van der Waals surface area (Å²) in [7, 11) is 0. The zero-order valence-corrected chi connectivity index (χ0v) is 13.8. The molecule has 0 aliphatic rings. The summed E-state index contributed by atoms with van der Waals surface area (Å²) in [5, 5.41) is 4.49. The summed E-state index contributed by atoms with van der Waals surface area (Å²) in [6.45, 7) is 4.15. The fourth-order valence-electron chi connectivity index (χ4n) is 1.65. The van der Waals surface area contributed by atoms with Crippen LogP contribution in [0.5, 0.6) is 0 Å². The van der Waals surface area contributed by atoms with Gasteiger partial charge >= 0.3 is 0 Å². The van der Waals surface area contributed by atoms with E-state index >= 15 is 0 Å². The Bertz CT molecular complexity index is 610. The molecule has 1 atom stereocenters. The van der Waals surface area contributed by atoms with E-state index in [1.54, 1.807) is 11.3 Å². The standard InChI is InChI=1S/C13H14BrN3S2/c1-7-6-16-13(19-7)8(2)17-11-4-3-9(12(15)18)5-10(11)14/h3-6,8,17H,1-2H3,(H2,15,18). The van der Waals surface area contributed by atoms with Gasteiger partial charge in [0.05, 0.1) is 6.04 Å². The van der Waals surface area contributed by atoms with Crippen molar-refractivity contribution in [1.82, 2.24) is 4.98 Å². The van der Waals surface area contributed by atoms with Crippen LogP contribution in [-0.4, -0.2) is 9.97 Å². The molecule has 1 unspecified atom stereocenters. The van der Waals surface area contributed by atoms with Crippen LogP contribution >= 0.6 is 39.5 Å². The van der Waals surface area contributed by atoms with Crippen molar-refractivity contribution >= 4 is 50.2 Å². The monoisotopic (exact) mass is 355 g/mol. The highest BCUT2D eigenvalue weighted by Crippen LogP contribution is 2.29. The van der Waals surface area contributed by atoms with Crippen molar-refractivity contribution in [2.24, 2.45) is 5.73 Å². The number of hydrogen-bond acceptors (Lipinski definition) is 4. The van der Waals surface area contributed by atoms with Crippen LogP contribution in [0.3, 0.4) is 0 Å². The number of nitrogens with zero attached hydrogens (tertiary/aromatic N) is 1. The van der Waals surface area contributed by atoms with Gasteiger partial charge in [-0.2, -0.15) is 0 Å². The minimum Gasteiger partial charge on any atom is -0.389 e. The van der Waals surface area contributed by atoms with Crippen LogP contribution in [0, 0.1) is 6.92 Å². The first-order chi connectivity index (χ1) is 8.97. The van der Waals surface area contributed by atoms with Crippen molar-refractivity contribution in [3.05, 3.63) is 44.3 Å². The van der Waals surface area contributed by atoms with Crippen molar-refractivity contribution < 1.29 is 0 Å². The molecule has 2 aromatic rings. The van der Waals surface area contributed by atoms with Gasteiger partial charge in [-0.3, -0.25) is 0 Å². The highest BCUT2D eigenvalue weighted by atomic mass is 79.9. The zero-order chi connectivity index (χ0) is 14.0. The molecule has 0 fully saturated rings. The lowest BCUT2D eigenvalue weighted by atomic mass is 10.2. The second-order valence-electron chi connectivity index (χ2n) is 4.23. The van der Waals surface area contributed by atoms with Gasteiger partial charge in [-0.25, -0.2) is 4.98 Å². The summed E-state index contributed by atoms with van der Waals surface area (Å²) in [5.41, 5.74) is 7.46. The molecular weight excluding hydrogens is 342 g/mol. The second kappa shape index (κ2) is 5.98. The van der Waals surface area contributed by atoms with E-state index in [9.17, 15) is 0 Å². The molecule has 6 heteroatoms. The van der Waals surface area contributed by atoms with E-state index in [1.807, 2.05) is 24.4 Å². The summed E-state index contributed by atoms with van der Waals surface area (Å²) < 4.78 is 0.943. The summed E-state index contributed by atoms with van der Waals surface area (Å²) in [6, 6.07) is 5.96. The largest absolute Gasteiger partial charge is 0.389 e. The molecule has 2 rings (SSSR count). The first-order valence-electron chi connectivity index (χ1n) is 5.75. The fourth-order valence-corrected chi connectivity index (χ4v) is 3.05. The van der Waals surface area contributed by atoms with Gasteiger partial charge < -0.3 is 11.1 Å². The molecule has 1 aromatic heterocycles. The fraction of sp³-hybridized carbons (Fsp3) is 0.231. The van der Waals surface area contributed by atoms with E-state index in [2.05, 4.69) is 40.1 Å². The quantitative estimate of drug-likeness (QED) is 0.813. The average Bonchev–Trinajstić information content (AvgIpc) is 2.78. The van der Waals surface area contributed by atoms with Crippen LogP contribution in [0.25, 0.3) is 0 Å². The molecule has 0 aliphatic heterocycles. The first kappa shape index (κ1) is 14.4. The van der Waals surface area contributed by atoms with Crippen molar-refractivity contribution in [2.75, 3.05) is 5.32 Å². The third kappa shape index (κ3) is 3.52. The number of thiocarbonyl (C=S) groups is 1. The lowest BCUT2D eigenvalue weighted by Gasteiger charge is -2.15. The van der Waals surface area contributed by atoms with E-state index in [4.69, 9.17) is 18.0 Å². The average molecular weight is 356 g/mol. The molecule has 0 saturated carbocycles. The molecule has 1 aromatic carbocycles. The number of hydrogen-bond donors (Lipinski definition) is 2. The van der Waals surface area contributed by atoms with Gasteiger partial charge in [-0.15, -0.1) is 11.3 Å². The smallest absolute Gasteiger partial charge is 0.115 e. The summed E-state index contributed by atoms with van der Waals surface area (Å²) in [5.74, 6) is 0. The Morgan fingerprint density at radius 1 is 1.53 bits per heavy atom. The Balaban J connectivity index is 2.17. The zero-order valence-electron chi connectivity index (χ0n) is 10.6. The van der Waals surface area contributed by atoms with Gasteiger partial charge in [-0.1, -0.05) is 12.2 Å². The van der Waals surface area contributed by atoms with Crippen LogP contribution in [0.15, 0.2) is 28.9 Å². The number of benzene rings is 1. The Labute approximate surface area is 130 Å². The van der Waals surface area contributed by atoms with Crippen LogP contribution < -0.4 is 11.1 Å². The number of anilines is 1. The predicted molar refractivity (Wildman–Crippen MR) is 88.9 cm³/mol. The number of aromatic nitrogens is 1. The van der Waals surface area contributed by atoms with E-state index in [0.29, 0.717) is 4.99 Å². The molecule has 3 N–H and O–H groups in total. The van der Waals surface area contributed by atoms with Gasteiger partial charge in [0.2, 0.25) is 0 Å². The van der Waals surface area contributed by atoms with Gasteiger partial charge in [0.25, 0.3) is 0 Å². The van der Waals surface area contributed by atoms with Crippen molar-refractivity contribution in [1.29, 1.82) is 0 Å². The Hall–Kier alpha value is -0.980. The van der Waals surface area contributed by atoms with Crippen molar-refractivity contribution in [3.63, 3.8) is 0 Å². The van der Waals surface area contributed by atoms with E-state index in [0.717, 1.165) is 20.7 Å². The van der Waals surface area contributed by atoms with E-state index in [1.165, 1.54) is 4.88 Å². The van der Waals surface area contributed by atoms with Gasteiger partial charge in [0.1, 0.15) is 10.00 Å². The molecule has 0 saturated heterocycles. The maximum absolute atomic E-state index is 5.61. The normalized spacial score (nSPS) is 12.2. The topological polar surface area (TPSA) is 50.9 Å². The summed E-state index contributed by atoms with van der Waals surface area (Å²) in [4.78, 5) is 6.00. The molecule has 0 radical (unpaired) electrons. The molecule has 3 nitrogen and oxygen atoms in total. The van der Waals surface area contributed by atoms with Gasteiger partial charge in [0, 0.05) is 26.8 Å². The number of thiazole rings is 1. The highest BCUT2D eigenvalue weighted by molar-refractivity contribution is 9.10. The van der Waals surface area contributed by atoms with Gasteiger partial charge in [-0.05, 0) is 48.0 Å². The number of rotatable bonds is 4. The molecule has 19 heavy (non-hydrogen) atoms. The lowest BCUT2D eigenvalue weighted by molar-refractivity contribution is 0.868. The van der Waals surface area contributed by atoms with Crippen molar-refractivity contribution in [3.8, 4) is 0 Å². The first-order valence-corrected chi connectivity index (χ1v) is 7.77. The second-order valence-corrected chi connectivity index (χ2v) is 6.79. The van der Waals surface area contributed by atoms with Crippen LogP contribution in [0.4, 0.5) is 5.69 Å². The third-order valence-corrected chi connectivity index (χ3v) is 4.62. The highest BCUT2D eigenvalue weighted by Gasteiger charge is 2.11. The minimum atomic E-state index is 0.158. The van der Waals surface area contributed by atoms with E-state index < -0.39 is 0 Å². The molecule has 1 heterocycles. The lowest BCUT2D eigenvalue weighted by Crippen LogP contribution is -2.10. The Kier molecular flexibility index (Phi) is 4.54. The molecular formula is C13H14BrN3S2. The van der Waals surface area contributed by atoms with Crippen LogP contribution in [0.1, 0.15) is 28.4 Å². The summed E-state index contributed by atoms with van der Waals surface area (Å²) in [6.07, 6.45) is 1.89. The Morgan fingerprint density at radius 3 is 2.79 bits per heavy atom. The molecule has 0 amide bonds. The number of halogens is 1. The number of nitrogens with one attached hydrogen (secondary N) is 1.